The Hall–Kier alpha value is -2.42. The van der Waals surface area contributed by atoms with E-state index >= 15 is 0 Å². The van der Waals surface area contributed by atoms with Crippen LogP contribution in [0.2, 0.25) is 0 Å². The minimum Gasteiger partial charge on any atom is -0.399 e. The zero-order valence-electron chi connectivity index (χ0n) is 9.60. The maximum absolute atomic E-state index is 12.9. The quantitative estimate of drug-likeness (QED) is 0.657. The second kappa shape index (κ2) is 4.11. The van der Waals surface area contributed by atoms with Gasteiger partial charge in [-0.3, -0.25) is 4.98 Å². The van der Waals surface area contributed by atoms with Crippen LogP contribution in [0.3, 0.4) is 0 Å². The monoisotopic (exact) mass is 238 g/mol. The van der Waals surface area contributed by atoms with Crippen LogP contribution in [-0.4, -0.2) is 4.98 Å². The second-order valence-corrected chi connectivity index (χ2v) is 4.18. The highest BCUT2D eigenvalue weighted by molar-refractivity contribution is 5.85. The van der Waals surface area contributed by atoms with Crippen LogP contribution in [0.5, 0.6) is 0 Å². The lowest BCUT2D eigenvalue weighted by Crippen LogP contribution is -1.87. The van der Waals surface area contributed by atoms with Crippen LogP contribution in [0.4, 0.5) is 10.1 Å². The maximum atomic E-state index is 12.9. The number of aromatic nitrogens is 1. The number of hydrogen-bond acceptors (Lipinski definition) is 2. The normalized spacial score (nSPS) is 10.7. The van der Waals surface area contributed by atoms with Crippen LogP contribution in [0.1, 0.15) is 0 Å². The molecule has 1 aromatic heterocycles. The Morgan fingerprint density at radius 1 is 0.889 bits per heavy atom. The maximum Gasteiger partial charge on any atom is 0.123 e. The van der Waals surface area contributed by atoms with E-state index in [9.17, 15) is 4.39 Å². The molecule has 0 radical (unpaired) electrons. The third-order valence-electron chi connectivity index (χ3n) is 2.88. The van der Waals surface area contributed by atoms with E-state index in [4.69, 9.17) is 5.73 Å². The molecule has 2 N–H and O–H groups in total. The molecule has 0 fully saturated rings. The van der Waals surface area contributed by atoms with Crippen molar-refractivity contribution in [1.82, 2.24) is 4.98 Å². The first-order valence-corrected chi connectivity index (χ1v) is 5.63. The van der Waals surface area contributed by atoms with Crippen molar-refractivity contribution in [3.63, 3.8) is 0 Å². The number of pyridine rings is 1. The van der Waals surface area contributed by atoms with E-state index in [1.165, 1.54) is 12.1 Å². The van der Waals surface area contributed by atoms with Crippen molar-refractivity contribution in [2.75, 3.05) is 5.73 Å². The number of benzene rings is 2. The van der Waals surface area contributed by atoms with E-state index in [2.05, 4.69) is 4.98 Å². The highest BCUT2D eigenvalue weighted by atomic mass is 19.1. The lowest BCUT2D eigenvalue weighted by molar-refractivity contribution is 0.628. The van der Waals surface area contributed by atoms with Crippen molar-refractivity contribution in [2.45, 2.75) is 0 Å². The minimum atomic E-state index is -0.239. The van der Waals surface area contributed by atoms with Crippen molar-refractivity contribution in [1.29, 1.82) is 0 Å². The van der Waals surface area contributed by atoms with E-state index in [1.54, 1.807) is 18.3 Å². The average Bonchev–Trinajstić information content (AvgIpc) is 2.38. The van der Waals surface area contributed by atoms with Gasteiger partial charge >= 0.3 is 0 Å². The summed E-state index contributed by atoms with van der Waals surface area (Å²) in [5.41, 5.74) is 9.25. The molecule has 18 heavy (non-hydrogen) atoms. The van der Waals surface area contributed by atoms with Gasteiger partial charge in [-0.15, -0.1) is 0 Å². The molecule has 0 saturated heterocycles. The number of hydrogen-bond donors (Lipinski definition) is 1. The van der Waals surface area contributed by atoms with Crippen LogP contribution < -0.4 is 5.73 Å². The number of fused-ring (bicyclic) bond motifs is 1. The molecule has 0 aliphatic rings. The largest absolute Gasteiger partial charge is 0.399 e. The van der Waals surface area contributed by atoms with Gasteiger partial charge in [0.15, 0.2) is 0 Å². The summed E-state index contributed by atoms with van der Waals surface area (Å²) in [7, 11) is 0. The summed E-state index contributed by atoms with van der Waals surface area (Å²) in [5, 5.41) is 0.983. The summed E-state index contributed by atoms with van der Waals surface area (Å²) in [5.74, 6) is -0.239. The zero-order chi connectivity index (χ0) is 12.5. The van der Waals surface area contributed by atoms with Crippen LogP contribution in [0.25, 0.3) is 22.0 Å². The Balaban J connectivity index is 2.15. The van der Waals surface area contributed by atoms with Gasteiger partial charge in [-0.25, -0.2) is 4.39 Å². The van der Waals surface area contributed by atoms with Gasteiger partial charge in [-0.2, -0.15) is 0 Å². The third-order valence-corrected chi connectivity index (χ3v) is 2.88. The van der Waals surface area contributed by atoms with E-state index in [-0.39, 0.29) is 5.82 Å². The molecule has 0 unspecified atom stereocenters. The van der Waals surface area contributed by atoms with Gasteiger partial charge < -0.3 is 5.73 Å². The number of nitrogens with zero attached hydrogens (tertiary/aromatic N) is 1. The van der Waals surface area contributed by atoms with Gasteiger partial charge in [0.05, 0.1) is 5.52 Å². The molecule has 3 rings (SSSR count). The van der Waals surface area contributed by atoms with Gasteiger partial charge in [-0.05, 0) is 42.0 Å². The number of rotatable bonds is 1. The SMILES string of the molecule is Nc1ccc2ncc(-c3ccc(F)cc3)cc2c1. The lowest BCUT2D eigenvalue weighted by Gasteiger charge is -2.04. The smallest absolute Gasteiger partial charge is 0.123 e. The highest BCUT2D eigenvalue weighted by Gasteiger charge is 2.01. The van der Waals surface area contributed by atoms with Crippen molar-refractivity contribution >= 4 is 16.6 Å². The van der Waals surface area contributed by atoms with E-state index in [0.717, 1.165) is 22.0 Å². The zero-order valence-corrected chi connectivity index (χ0v) is 9.60. The number of anilines is 1. The molecular weight excluding hydrogens is 227 g/mol. The molecule has 0 saturated carbocycles. The molecule has 3 heteroatoms. The summed E-state index contributed by atoms with van der Waals surface area (Å²) in [6.07, 6.45) is 1.78. The number of nitrogen functional groups attached to an aromatic ring is 1. The Bertz CT molecular complexity index is 705. The lowest BCUT2D eigenvalue weighted by atomic mass is 10.1. The third kappa shape index (κ3) is 1.91. The van der Waals surface area contributed by atoms with Crippen molar-refractivity contribution in [2.24, 2.45) is 0 Å². The molecule has 0 aliphatic carbocycles. The fourth-order valence-corrected chi connectivity index (χ4v) is 1.95. The van der Waals surface area contributed by atoms with Crippen molar-refractivity contribution in [3.05, 3.63) is 60.5 Å². The summed E-state index contributed by atoms with van der Waals surface area (Å²) >= 11 is 0. The van der Waals surface area contributed by atoms with Crippen molar-refractivity contribution in [3.8, 4) is 11.1 Å². The van der Waals surface area contributed by atoms with Crippen molar-refractivity contribution < 1.29 is 4.39 Å². The van der Waals surface area contributed by atoms with Gasteiger partial charge in [0, 0.05) is 22.8 Å². The predicted octanol–water partition coefficient (Wildman–Crippen LogP) is 3.62. The molecule has 0 aliphatic heterocycles. The van der Waals surface area contributed by atoms with Gasteiger partial charge in [0.25, 0.3) is 0 Å². The summed E-state index contributed by atoms with van der Waals surface area (Å²) in [6, 6.07) is 14.0. The molecule has 2 aromatic carbocycles. The molecular formula is C15H11FN2. The topological polar surface area (TPSA) is 38.9 Å². The molecule has 0 bridgehead atoms. The molecule has 2 nitrogen and oxygen atoms in total. The molecule has 1 heterocycles. The first kappa shape index (κ1) is 10.7. The standard InChI is InChI=1S/C15H11FN2/c16-13-3-1-10(2-4-13)12-7-11-8-14(17)5-6-15(11)18-9-12/h1-9H,17H2. The molecule has 0 amide bonds. The van der Waals surface area contributed by atoms with Crippen LogP contribution in [0, 0.1) is 5.82 Å². The van der Waals surface area contributed by atoms with Crippen LogP contribution in [0.15, 0.2) is 54.7 Å². The van der Waals surface area contributed by atoms with Crippen LogP contribution >= 0.6 is 0 Å². The van der Waals surface area contributed by atoms with E-state index in [0.29, 0.717) is 5.69 Å². The first-order valence-electron chi connectivity index (χ1n) is 5.63. The number of nitrogens with two attached hydrogens (primary N) is 1. The van der Waals surface area contributed by atoms with Gasteiger partial charge in [0.2, 0.25) is 0 Å². The Labute approximate surface area is 104 Å². The Morgan fingerprint density at radius 3 is 2.44 bits per heavy atom. The fraction of sp³-hybridized carbons (Fsp3) is 0. The van der Waals surface area contributed by atoms with E-state index < -0.39 is 0 Å². The molecule has 88 valence electrons. The Kier molecular flexibility index (Phi) is 2.45. The van der Waals surface area contributed by atoms with E-state index in [1.807, 2.05) is 24.3 Å². The highest BCUT2D eigenvalue weighted by Crippen LogP contribution is 2.24. The fourth-order valence-electron chi connectivity index (χ4n) is 1.95. The number of halogens is 1. The molecule has 0 spiro atoms. The first-order chi connectivity index (χ1) is 8.72. The van der Waals surface area contributed by atoms with Crippen LogP contribution in [-0.2, 0) is 0 Å². The minimum absolute atomic E-state index is 0.239. The molecule has 0 atom stereocenters. The van der Waals surface area contributed by atoms with Gasteiger partial charge in [-0.1, -0.05) is 12.1 Å². The Morgan fingerprint density at radius 2 is 1.67 bits per heavy atom. The second-order valence-electron chi connectivity index (χ2n) is 4.18. The molecule has 3 aromatic rings. The average molecular weight is 238 g/mol. The van der Waals surface area contributed by atoms with Gasteiger partial charge in [0.1, 0.15) is 5.82 Å². The summed E-state index contributed by atoms with van der Waals surface area (Å²) < 4.78 is 12.9. The summed E-state index contributed by atoms with van der Waals surface area (Å²) in [4.78, 5) is 4.37. The predicted molar refractivity (Wildman–Crippen MR) is 71.5 cm³/mol. The summed E-state index contributed by atoms with van der Waals surface area (Å²) in [6.45, 7) is 0.